The number of halogens is 2. The number of hydrogen-bond acceptors (Lipinski definition) is 1. The van der Waals surface area contributed by atoms with E-state index in [-0.39, 0.29) is 48.0 Å². The van der Waals surface area contributed by atoms with E-state index >= 15 is 0 Å². The normalized spacial score (nSPS) is 30.7. The number of piperidine rings is 2. The molecule has 24 heavy (non-hydrogen) atoms. The number of carbonyl (C=O) groups is 1. The number of quaternary nitrogens is 2. The largest absolute Gasteiger partial charge is 1.00 e. The number of amides is 1. The van der Waals surface area contributed by atoms with Gasteiger partial charge in [-0.15, -0.1) is 0 Å². The third kappa shape index (κ3) is 4.97. The molecule has 6 heteroatoms. The van der Waals surface area contributed by atoms with Crippen molar-refractivity contribution in [3.05, 3.63) is 0 Å². The highest BCUT2D eigenvalue weighted by atomic mass is 127. The van der Waals surface area contributed by atoms with Gasteiger partial charge in [0.25, 0.3) is 0 Å². The molecule has 4 nitrogen and oxygen atoms in total. The molecule has 3 rings (SSSR count). The lowest BCUT2D eigenvalue weighted by atomic mass is 9.89. The van der Waals surface area contributed by atoms with Crippen molar-refractivity contribution >= 4 is 5.91 Å². The molecule has 3 aliphatic rings. The summed E-state index contributed by atoms with van der Waals surface area (Å²) in [5.41, 5.74) is 0. The molecular formula is C18H35I2N3O. The van der Waals surface area contributed by atoms with Crippen LogP contribution in [0, 0.1) is 0 Å². The van der Waals surface area contributed by atoms with Gasteiger partial charge in [-0.3, -0.25) is 4.79 Å². The van der Waals surface area contributed by atoms with Gasteiger partial charge in [0, 0.05) is 12.8 Å². The molecule has 0 spiro atoms. The first-order valence-electron chi connectivity index (χ1n) is 9.35. The molecule has 3 heterocycles. The molecule has 0 aromatic carbocycles. The summed E-state index contributed by atoms with van der Waals surface area (Å²) >= 11 is 0. The number of carbonyl (C=O) groups excluding carboxylic acids is 1. The van der Waals surface area contributed by atoms with E-state index in [1.54, 1.807) is 0 Å². The van der Waals surface area contributed by atoms with Crippen LogP contribution in [0.5, 0.6) is 0 Å². The first-order chi connectivity index (χ1) is 10.4. The number of likely N-dealkylation sites (N-methyl/N-ethyl adjacent to an activating group) is 1. The van der Waals surface area contributed by atoms with Crippen LogP contribution in [-0.2, 0) is 4.79 Å². The van der Waals surface area contributed by atoms with Crippen molar-refractivity contribution in [2.45, 2.75) is 57.0 Å². The van der Waals surface area contributed by atoms with Gasteiger partial charge in [0.2, 0.25) is 5.91 Å². The van der Waals surface area contributed by atoms with E-state index in [9.17, 15) is 4.79 Å². The molecule has 2 bridgehead atoms. The molecule has 2 unspecified atom stereocenters. The molecule has 2 atom stereocenters. The zero-order valence-electron chi connectivity index (χ0n) is 15.6. The zero-order chi connectivity index (χ0) is 15.8. The molecule has 0 N–H and O–H groups in total. The van der Waals surface area contributed by atoms with Crippen LogP contribution in [0.4, 0.5) is 0 Å². The number of fused-ring (bicyclic) bond motifs is 2. The van der Waals surface area contributed by atoms with Crippen molar-refractivity contribution in [3.63, 3.8) is 0 Å². The van der Waals surface area contributed by atoms with E-state index in [0.717, 1.165) is 35.0 Å². The Morgan fingerprint density at radius 2 is 1.46 bits per heavy atom. The molecule has 142 valence electrons. The van der Waals surface area contributed by atoms with Crippen molar-refractivity contribution in [2.24, 2.45) is 0 Å². The summed E-state index contributed by atoms with van der Waals surface area (Å²) in [5, 5.41) is 0. The molecule has 3 fully saturated rings. The van der Waals surface area contributed by atoms with E-state index in [1.807, 2.05) is 0 Å². The second-order valence-electron chi connectivity index (χ2n) is 8.77. The lowest BCUT2D eigenvalue weighted by molar-refractivity contribution is -0.948. The van der Waals surface area contributed by atoms with Crippen molar-refractivity contribution in [2.75, 3.05) is 53.9 Å². The molecule has 0 aromatic heterocycles. The fraction of sp³-hybridized carbons (Fsp3) is 0.944. The van der Waals surface area contributed by atoms with Gasteiger partial charge in [-0.1, -0.05) is 0 Å². The molecule has 0 radical (unpaired) electrons. The van der Waals surface area contributed by atoms with E-state index in [0.29, 0.717) is 18.0 Å². The summed E-state index contributed by atoms with van der Waals surface area (Å²) in [5.74, 6) is 0.418. The van der Waals surface area contributed by atoms with E-state index < -0.39 is 0 Å². The molecule has 0 aliphatic carbocycles. The highest BCUT2D eigenvalue weighted by Crippen LogP contribution is 2.33. The van der Waals surface area contributed by atoms with Crippen LogP contribution in [0.25, 0.3) is 0 Å². The SMILES string of the molecule is C[N+]1(CCC(=O)N2CC3CCCC(C2)[N+]3(C)C)CCCCC1.[I-].[I-]. The van der Waals surface area contributed by atoms with Crippen LogP contribution in [0.15, 0.2) is 0 Å². The smallest absolute Gasteiger partial charge is 0.228 e. The second kappa shape index (κ2) is 9.17. The molecule has 0 saturated carbocycles. The lowest BCUT2D eigenvalue weighted by Gasteiger charge is -2.54. The second-order valence-corrected chi connectivity index (χ2v) is 8.77. The first-order valence-corrected chi connectivity index (χ1v) is 9.35. The van der Waals surface area contributed by atoms with Gasteiger partial charge in [-0.05, 0) is 25.7 Å². The van der Waals surface area contributed by atoms with Gasteiger partial charge < -0.3 is 61.8 Å². The first kappa shape index (κ1) is 22.9. The van der Waals surface area contributed by atoms with E-state index in [1.165, 1.54) is 51.6 Å². The fourth-order valence-electron chi connectivity index (χ4n) is 4.97. The third-order valence-corrected chi connectivity index (χ3v) is 6.93. The third-order valence-electron chi connectivity index (χ3n) is 6.93. The van der Waals surface area contributed by atoms with Crippen molar-refractivity contribution < 1.29 is 61.7 Å². The maximum Gasteiger partial charge on any atom is 0.228 e. The summed E-state index contributed by atoms with van der Waals surface area (Å²) in [7, 11) is 7.09. The summed E-state index contributed by atoms with van der Waals surface area (Å²) in [4.78, 5) is 14.9. The Bertz CT molecular complexity index is 408. The minimum Gasteiger partial charge on any atom is -1.00 e. The number of likely N-dealkylation sites (tertiary alicyclic amines) is 2. The summed E-state index contributed by atoms with van der Waals surface area (Å²) in [6.07, 6.45) is 8.75. The van der Waals surface area contributed by atoms with Gasteiger partial charge in [0.05, 0.1) is 60.3 Å². The van der Waals surface area contributed by atoms with Crippen LogP contribution in [0.2, 0.25) is 0 Å². The van der Waals surface area contributed by atoms with E-state index in [2.05, 4.69) is 26.0 Å². The monoisotopic (exact) mass is 563 g/mol. The van der Waals surface area contributed by atoms with Crippen molar-refractivity contribution in [1.29, 1.82) is 0 Å². The van der Waals surface area contributed by atoms with Gasteiger partial charge >= 0.3 is 0 Å². The highest BCUT2D eigenvalue weighted by Gasteiger charge is 2.46. The Kier molecular flexibility index (Phi) is 8.75. The highest BCUT2D eigenvalue weighted by molar-refractivity contribution is 5.76. The number of nitrogens with zero attached hydrogens (tertiary/aromatic N) is 3. The molecule has 3 saturated heterocycles. The Labute approximate surface area is 182 Å². The average Bonchev–Trinajstić information content (AvgIpc) is 2.44. The maximum atomic E-state index is 12.7. The Morgan fingerprint density at radius 1 is 0.917 bits per heavy atom. The molecular weight excluding hydrogens is 528 g/mol. The fourth-order valence-corrected chi connectivity index (χ4v) is 4.97. The summed E-state index contributed by atoms with van der Waals surface area (Å²) < 4.78 is 2.26. The zero-order valence-corrected chi connectivity index (χ0v) is 20.0. The molecule has 0 aromatic rings. The topological polar surface area (TPSA) is 20.3 Å². The predicted molar refractivity (Wildman–Crippen MR) is 89.4 cm³/mol. The Balaban J connectivity index is 0.00000144. The van der Waals surface area contributed by atoms with Gasteiger partial charge in [-0.2, -0.15) is 0 Å². The van der Waals surface area contributed by atoms with Crippen LogP contribution in [0.1, 0.15) is 44.9 Å². The predicted octanol–water partition coefficient (Wildman–Crippen LogP) is -4.15. The maximum absolute atomic E-state index is 12.7. The van der Waals surface area contributed by atoms with Crippen molar-refractivity contribution in [3.8, 4) is 0 Å². The van der Waals surface area contributed by atoms with Crippen LogP contribution >= 0.6 is 0 Å². The molecule has 1 amide bonds. The number of piperazine rings is 1. The summed E-state index contributed by atoms with van der Waals surface area (Å²) in [6, 6.07) is 1.33. The number of hydrogen-bond donors (Lipinski definition) is 0. The van der Waals surface area contributed by atoms with Gasteiger partial charge in [0.15, 0.2) is 0 Å². The Morgan fingerprint density at radius 3 is 2.00 bits per heavy atom. The average molecular weight is 563 g/mol. The van der Waals surface area contributed by atoms with E-state index in [4.69, 9.17) is 0 Å². The van der Waals surface area contributed by atoms with Gasteiger partial charge in [0.1, 0.15) is 12.1 Å². The number of rotatable bonds is 3. The van der Waals surface area contributed by atoms with Crippen LogP contribution in [-0.4, -0.2) is 85.7 Å². The quantitative estimate of drug-likeness (QED) is 0.253. The van der Waals surface area contributed by atoms with Crippen LogP contribution < -0.4 is 48.0 Å². The van der Waals surface area contributed by atoms with Gasteiger partial charge in [-0.25, -0.2) is 0 Å². The standard InChI is InChI=1S/C18H35N3O.2HI/c1-20(2)16-8-7-9-17(20)15-19(14-16)18(22)10-13-21(3)11-5-4-6-12-21;;/h16-17H,4-15H2,1-3H3;2*1H/q+2;;/p-2. The molecule has 3 aliphatic heterocycles. The Hall–Kier alpha value is 0.850. The minimum absolute atomic E-state index is 0. The van der Waals surface area contributed by atoms with Crippen LogP contribution in [0.3, 0.4) is 0 Å². The van der Waals surface area contributed by atoms with Crippen molar-refractivity contribution in [1.82, 2.24) is 4.90 Å². The minimum atomic E-state index is 0. The lowest BCUT2D eigenvalue weighted by Crippen LogP contribution is -3.00. The summed E-state index contributed by atoms with van der Waals surface area (Å²) in [6.45, 7) is 5.56.